The van der Waals surface area contributed by atoms with Gasteiger partial charge in [-0.2, -0.15) is 0 Å². The van der Waals surface area contributed by atoms with Crippen LogP contribution in [0.25, 0.3) is 0 Å². The molecule has 4 rings (SSSR count). The molecule has 1 aliphatic rings. The quantitative estimate of drug-likeness (QED) is 0.440. The van der Waals surface area contributed by atoms with Gasteiger partial charge in [0.05, 0.1) is 27.2 Å². The summed E-state index contributed by atoms with van der Waals surface area (Å²) in [7, 11) is -3.74. The Morgan fingerprint density at radius 1 is 0.970 bits per heavy atom. The van der Waals surface area contributed by atoms with E-state index in [1.54, 1.807) is 30.3 Å². The minimum Gasteiger partial charge on any atom is -0.345 e. The Bertz CT molecular complexity index is 1260. The maximum absolute atomic E-state index is 13.0. The number of fused-ring (bicyclic) bond motifs is 1. The second kappa shape index (κ2) is 9.98. The van der Waals surface area contributed by atoms with Crippen molar-refractivity contribution in [2.45, 2.75) is 50.0 Å². The Hall–Kier alpha value is -2.83. The molecule has 0 saturated heterocycles. The third-order valence-corrected chi connectivity index (χ3v) is 7.72. The van der Waals surface area contributed by atoms with Gasteiger partial charge in [-0.05, 0) is 79.1 Å². The number of aryl methyl sites for hydroxylation is 2. The van der Waals surface area contributed by atoms with Crippen LogP contribution in [0.2, 0.25) is 5.02 Å². The van der Waals surface area contributed by atoms with Crippen LogP contribution in [-0.4, -0.2) is 14.3 Å². The molecule has 0 aliphatic heterocycles. The molecule has 172 valence electrons. The monoisotopic (exact) mass is 482 g/mol. The lowest BCUT2D eigenvalue weighted by molar-refractivity contribution is 0.0935. The molecule has 0 aromatic heterocycles. The van der Waals surface area contributed by atoms with Crippen molar-refractivity contribution < 1.29 is 13.2 Å². The Morgan fingerprint density at radius 2 is 1.70 bits per heavy atom. The Balaban J connectivity index is 1.49. The van der Waals surface area contributed by atoms with Crippen molar-refractivity contribution in [1.29, 1.82) is 0 Å². The number of sulfonamides is 1. The van der Waals surface area contributed by atoms with E-state index in [-0.39, 0.29) is 21.9 Å². The third kappa shape index (κ3) is 5.40. The highest BCUT2D eigenvalue weighted by molar-refractivity contribution is 7.92. The van der Waals surface area contributed by atoms with E-state index in [1.807, 2.05) is 6.92 Å². The molecule has 1 aliphatic carbocycles. The van der Waals surface area contributed by atoms with Crippen molar-refractivity contribution in [3.05, 3.63) is 94.0 Å². The molecule has 1 amide bonds. The van der Waals surface area contributed by atoms with Gasteiger partial charge in [-0.1, -0.05) is 54.9 Å². The highest BCUT2D eigenvalue weighted by Crippen LogP contribution is 2.28. The van der Waals surface area contributed by atoms with Gasteiger partial charge < -0.3 is 5.32 Å². The molecule has 5 nitrogen and oxygen atoms in total. The van der Waals surface area contributed by atoms with Gasteiger partial charge in [0, 0.05) is 0 Å². The summed E-state index contributed by atoms with van der Waals surface area (Å²) in [6.07, 6.45) is 5.39. The Labute approximate surface area is 200 Å². The highest BCUT2D eigenvalue weighted by atomic mass is 35.5. The standard InChI is InChI=1S/C26H27ClN2O3S/c1-2-25(20-13-12-18-8-6-7-9-19(18)16-20)28-26(30)23-15-14-21(17-24(23)27)29-33(31,32)22-10-4-3-5-11-22/h3-5,10-17,25,29H,2,6-9H2,1H3,(H,28,30)/t25-/m0/s1. The zero-order valence-electron chi connectivity index (χ0n) is 18.5. The molecule has 1 atom stereocenters. The lowest BCUT2D eigenvalue weighted by Gasteiger charge is -2.22. The van der Waals surface area contributed by atoms with Crippen molar-refractivity contribution in [3.8, 4) is 0 Å². The van der Waals surface area contributed by atoms with Crippen LogP contribution in [0.3, 0.4) is 0 Å². The van der Waals surface area contributed by atoms with Crippen LogP contribution in [-0.2, 0) is 22.9 Å². The van der Waals surface area contributed by atoms with Crippen LogP contribution < -0.4 is 10.0 Å². The Kier molecular flexibility index (Phi) is 7.05. The van der Waals surface area contributed by atoms with Gasteiger partial charge in [0.25, 0.3) is 15.9 Å². The highest BCUT2D eigenvalue weighted by Gasteiger charge is 2.20. The largest absolute Gasteiger partial charge is 0.345 e. The van der Waals surface area contributed by atoms with Crippen LogP contribution in [0.4, 0.5) is 5.69 Å². The van der Waals surface area contributed by atoms with Gasteiger partial charge in [0.1, 0.15) is 0 Å². The fraction of sp³-hybridized carbons (Fsp3) is 0.269. The molecule has 33 heavy (non-hydrogen) atoms. The van der Waals surface area contributed by atoms with E-state index in [0.29, 0.717) is 11.3 Å². The van der Waals surface area contributed by atoms with Crippen LogP contribution in [0.1, 0.15) is 59.3 Å². The molecule has 0 unspecified atom stereocenters. The van der Waals surface area contributed by atoms with Crippen molar-refractivity contribution in [3.63, 3.8) is 0 Å². The number of hydrogen-bond acceptors (Lipinski definition) is 3. The maximum Gasteiger partial charge on any atom is 0.261 e. The maximum atomic E-state index is 13.0. The summed E-state index contributed by atoms with van der Waals surface area (Å²) in [5, 5.41) is 3.26. The van der Waals surface area contributed by atoms with E-state index in [1.165, 1.54) is 42.2 Å². The summed E-state index contributed by atoms with van der Waals surface area (Å²) in [6.45, 7) is 2.04. The van der Waals surface area contributed by atoms with Crippen LogP contribution >= 0.6 is 11.6 Å². The fourth-order valence-electron chi connectivity index (χ4n) is 4.20. The zero-order chi connectivity index (χ0) is 23.4. The Morgan fingerprint density at radius 3 is 2.39 bits per heavy atom. The van der Waals surface area contributed by atoms with Crippen molar-refractivity contribution in [2.24, 2.45) is 0 Å². The van der Waals surface area contributed by atoms with Crippen LogP contribution in [0.15, 0.2) is 71.6 Å². The first-order valence-corrected chi connectivity index (χ1v) is 13.0. The van der Waals surface area contributed by atoms with Crippen LogP contribution in [0, 0.1) is 0 Å². The first-order chi connectivity index (χ1) is 15.9. The minimum absolute atomic E-state index is 0.128. The van der Waals surface area contributed by atoms with E-state index >= 15 is 0 Å². The van der Waals surface area contributed by atoms with Gasteiger partial charge >= 0.3 is 0 Å². The predicted molar refractivity (Wildman–Crippen MR) is 132 cm³/mol. The summed E-state index contributed by atoms with van der Waals surface area (Å²) < 4.78 is 27.6. The number of benzene rings is 3. The molecular formula is C26H27ClN2O3S. The summed E-state index contributed by atoms with van der Waals surface area (Å²) >= 11 is 6.37. The van der Waals surface area contributed by atoms with E-state index in [2.05, 4.69) is 28.2 Å². The molecule has 0 bridgehead atoms. The van der Waals surface area contributed by atoms with Crippen molar-refractivity contribution >= 4 is 33.2 Å². The first kappa shape index (κ1) is 23.3. The number of hydrogen-bond donors (Lipinski definition) is 2. The van der Waals surface area contributed by atoms with E-state index in [4.69, 9.17) is 11.6 Å². The number of carbonyl (C=O) groups excluding carboxylic acids is 1. The fourth-order valence-corrected chi connectivity index (χ4v) is 5.54. The van der Waals surface area contributed by atoms with Crippen LogP contribution in [0.5, 0.6) is 0 Å². The van der Waals surface area contributed by atoms with Crippen molar-refractivity contribution in [1.82, 2.24) is 5.32 Å². The first-order valence-electron chi connectivity index (χ1n) is 11.2. The summed E-state index contributed by atoms with van der Waals surface area (Å²) in [5.74, 6) is -0.290. The number of anilines is 1. The van der Waals surface area contributed by atoms with E-state index in [9.17, 15) is 13.2 Å². The lowest BCUT2D eigenvalue weighted by Crippen LogP contribution is -2.28. The number of carbonyl (C=O) groups is 1. The third-order valence-electron chi connectivity index (χ3n) is 6.01. The van der Waals surface area contributed by atoms with Gasteiger partial charge in [0.2, 0.25) is 0 Å². The number of amides is 1. The average molecular weight is 483 g/mol. The van der Waals surface area contributed by atoms with Crippen molar-refractivity contribution in [2.75, 3.05) is 4.72 Å². The average Bonchev–Trinajstić information content (AvgIpc) is 2.82. The molecule has 0 saturated carbocycles. The number of rotatable bonds is 7. The topological polar surface area (TPSA) is 75.3 Å². The van der Waals surface area contributed by atoms with Gasteiger partial charge in [-0.25, -0.2) is 8.42 Å². The SMILES string of the molecule is CC[C@H](NC(=O)c1ccc(NS(=O)(=O)c2ccccc2)cc1Cl)c1ccc2c(c1)CCCC2. The van der Waals surface area contributed by atoms with E-state index in [0.717, 1.165) is 24.8 Å². The lowest BCUT2D eigenvalue weighted by atomic mass is 9.88. The molecule has 0 spiro atoms. The minimum atomic E-state index is -3.74. The molecular weight excluding hydrogens is 456 g/mol. The second-order valence-corrected chi connectivity index (χ2v) is 10.4. The summed E-state index contributed by atoms with van der Waals surface area (Å²) in [4.78, 5) is 13.1. The second-order valence-electron chi connectivity index (χ2n) is 8.28. The normalized spacial score (nSPS) is 14.2. The molecule has 0 fully saturated rings. The summed E-state index contributed by atoms with van der Waals surface area (Å²) in [5.41, 5.74) is 4.47. The van der Waals surface area contributed by atoms with Gasteiger partial charge in [-0.15, -0.1) is 0 Å². The summed E-state index contributed by atoms with van der Waals surface area (Å²) in [6, 6.07) is 19.0. The van der Waals surface area contributed by atoms with Gasteiger partial charge in [0.15, 0.2) is 0 Å². The number of halogens is 1. The molecule has 2 N–H and O–H groups in total. The number of nitrogens with one attached hydrogen (secondary N) is 2. The molecule has 0 heterocycles. The van der Waals surface area contributed by atoms with Gasteiger partial charge in [-0.3, -0.25) is 9.52 Å². The molecule has 3 aromatic rings. The predicted octanol–water partition coefficient (Wildman–Crippen LogP) is 5.90. The molecule has 0 radical (unpaired) electrons. The van der Waals surface area contributed by atoms with E-state index < -0.39 is 10.0 Å². The zero-order valence-corrected chi connectivity index (χ0v) is 20.0. The molecule has 3 aromatic carbocycles. The smallest absolute Gasteiger partial charge is 0.261 e. The molecule has 7 heteroatoms.